The smallest absolute Gasteiger partial charge is 0.131 e. The monoisotopic (exact) mass is 364 g/mol. The second kappa shape index (κ2) is 9.88. The van der Waals surface area contributed by atoms with E-state index < -0.39 is 0 Å². The summed E-state index contributed by atoms with van der Waals surface area (Å²) in [6, 6.07) is 14.1. The van der Waals surface area contributed by atoms with Gasteiger partial charge in [-0.1, -0.05) is 81.5 Å². The van der Waals surface area contributed by atoms with E-state index in [0.29, 0.717) is 5.56 Å². The van der Waals surface area contributed by atoms with E-state index in [1.54, 1.807) is 6.07 Å². The number of hydrogen-bond donors (Lipinski definition) is 0. The van der Waals surface area contributed by atoms with Gasteiger partial charge >= 0.3 is 0 Å². The topological polar surface area (TPSA) is 0 Å². The highest BCUT2D eigenvalue weighted by atomic mass is 19.1. The van der Waals surface area contributed by atoms with Crippen molar-refractivity contribution in [1.82, 2.24) is 0 Å². The van der Waals surface area contributed by atoms with Crippen LogP contribution in [0.25, 0.3) is 11.1 Å². The van der Waals surface area contributed by atoms with Crippen LogP contribution in [-0.2, 0) is 12.8 Å². The summed E-state index contributed by atoms with van der Waals surface area (Å²) in [5.41, 5.74) is 4.07. The molecular weight excluding hydrogens is 331 g/mol. The summed E-state index contributed by atoms with van der Waals surface area (Å²) in [7, 11) is 0. The van der Waals surface area contributed by atoms with Crippen LogP contribution in [-0.4, -0.2) is 0 Å². The fourth-order valence-electron chi connectivity index (χ4n) is 4.37. The van der Waals surface area contributed by atoms with Gasteiger partial charge < -0.3 is 0 Å². The molecule has 0 nitrogen and oxygen atoms in total. The number of allylic oxidation sites excluding steroid dienone is 1. The van der Waals surface area contributed by atoms with Gasteiger partial charge in [-0.15, -0.1) is 6.58 Å². The zero-order valence-electron chi connectivity index (χ0n) is 16.7. The Labute approximate surface area is 164 Å². The van der Waals surface area contributed by atoms with Crippen molar-refractivity contribution in [2.45, 2.75) is 64.7 Å². The fourth-order valence-corrected chi connectivity index (χ4v) is 4.37. The molecule has 0 aliphatic heterocycles. The molecule has 0 amide bonds. The zero-order chi connectivity index (χ0) is 19.1. The van der Waals surface area contributed by atoms with Crippen LogP contribution in [0.4, 0.5) is 4.39 Å². The first-order valence-corrected chi connectivity index (χ1v) is 10.7. The minimum Gasteiger partial charge on any atom is -0.206 e. The Kier molecular flexibility index (Phi) is 7.26. The predicted molar refractivity (Wildman–Crippen MR) is 114 cm³/mol. The van der Waals surface area contributed by atoms with Crippen LogP contribution >= 0.6 is 0 Å². The Balaban J connectivity index is 1.58. The maximum atomic E-state index is 14.7. The fraction of sp³-hybridized carbons (Fsp3) is 0.462. The molecule has 0 atom stereocenters. The first-order chi connectivity index (χ1) is 13.2. The molecule has 144 valence electrons. The number of rotatable bonds is 8. The zero-order valence-corrected chi connectivity index (χ0v) is 16.7. The molecule has 0 bridgehead atoms. The maximum Gasteiger partial charge on any atom is 0.131 e. The van der Waals surface area contributed by atoms with Gasteiger partial charge in [-0.05, 0) is 60.3 Å². The molecule has 2 aromatic rings. The van der Waals surface area contributed by atoms with Gasteiger partial charge in [-0.3, -0.25) is 0 Å². The lowest BCUT2D eigenvalue weighted by molar-refractivity contribution is 0.259. The van der Waals surface area contributed by atoms with Gasteiger partial charge in [0.15, 0.2) is 0 Å². The van der Waals surface area contributed by atoms with Crippen LogP contribution in [0.15, 0.2) is 55.1 Å². The van der Waals surface area contributed by atoms with Crippen molar-refractivity contribution in [3.05, 3.63) is 72.1 Å². The lowest BCUT2D eigenvalue weighted by Gasteiger charge is -2.27. The average Bonchev–Trinajstić information content (AvgIpc) is 2.71. The molecule has 1 heteroatoms. The molecule has 0 unspecified atom stereocenters. The average molecular weight is 365 g/mol. The number of benzene rings is 2. The van der Waals surface area contributed by atoms with Crippen molar-refractivity contribution in [1.29, 1.82) is 0 Å². The molecule has 1 fully saturated rings. The number of halogens is 1. The minimum absolute atomic E-state index is 0.0963. The predicted octanol–water partition coefficient (Wildman–Crippen LogP) is 7.76. The second-order valence-corrected chi connectivity index (χ2v) is 8.17. The summed E-state index contributed by atoms with van der Waals surface area (Å²) in [6.07, 6.45) is 12.9. The van der Waals surface area contributed by atoms with Crippen molar-refractivity contribution in [2.24, 2.45) is 11.8 Å². The van der Waals surface area contributed by atoms with Gasteiger partial charge in [0.1, 0.15) is 5.82 Å². The van der Waals surface area contributed by atoms with Crippen molar-refractivity contribution in [3.63, 3.8) is 0 Å². The van der Waals surface area contributed by atoms with Crippen molar-refractivity contribution < 1.29 is 4.39 Å². The summed E-state index contributed by atoms with van der Waals surface area (Å²) >= 11 is 0. The molecule has 1 aliphatic carbocycles. The van der Waals surface area contributed by atoms with Crippen molar-refractivity contribution >= 4 is 0 Å². The molecule has 0 N–H and O–H groups in total. The van der Waals surface area contributed by atoms with E-state index >= 15 is 0 Å². The summed E-state index contributed by atoms with van der Waals surface area (Å²) in [5.74, 6) is 1.68. The standard InChI is InChI=1S/C26H33F/c1-3-5-6-21-13-16-24(17-14-21)25-18-15-23(19-26(25)27)12-11-22-9-7-20(4-2)8-10-22/h3,13-20,22H,1,4-12H2,2H3. The Bertz CT molecular complexity index is 720. The van der Waals surface area contributed by atoms with Crippen molar-refractivity contribution in [2.75, 3.05) is 0 Å². The third-order valence-electron chi connectivity index (χ3n) is 6.32. The molecule has 27 heavy (non-hydrogen) atoms. The SMILES string of the molecule is C=CCCc1ccc(-c2ccc(CCC3CCC(CC)CC3)cc2F)cc1. The quantitative estimate of drug-likeness (QED) is 0.420. The van der Waals surface area contributed by atoms with E-state index in [4.69, 9.17) is 0 Å². The third kappa shape index (κ3) is 5.54. The molecule has 0 aromatic heterocycles. The van der Waals surface area contributed by atoms with Crippen LogP contribution in [0.2, 0.25) is 0 Å². The maximum absolute atomic E-state index is 14.7. The normalized spacial score (nSPS) is 19.8. The molecule has 0 saturated heterocycles. The van der Waals surface area contributed by atoms with E-state index in [1.807, 2.05) is 24.3 Å². The van der Waals surface area contributed by atoms with Gasteiger partial charge in [0.2, 0.25) is 0 Å². The highest BCUT2D eigenvalue weighted by Crippen LogP contribution is 2.33. The highest BCUT2D eigenvalue weighted by molar-refractivity contribution is 5.64. The molecule has 2 aromatic carbocycles. The van der Waals surface area contributed by atoms with E-state index in [1.165, 1.54) is 44.1 Å². The Hall–Kier alpha value is -1.89. The van der Waals surface area contributed by atoms with Crippen LogP contribution in [0.1, 0.15) is 63.0 Å². The summed E-state index contributed by atoms with van der Waals surface area (Å²) in [4.78, 5) is 0. The molecule has 3 rings (SSSR count). The minimum atomic E-state index is -0.0963. The van der Waals surface area contributed by atoms with Crippen LogP contribution in [0.3, 0.4) is 0 Å². The molecular formula is C26H33F. The lowest BCUT2D eigenvalue weighted by Crippen LogP contribution is -2.14. The van der Waals surface area contributed by atoms with E-state index in [9.17, 15) is 4.39 Å². The third-order valence-corrected chi connectivity index (χ3v) is 6.32. The number of aryl methyl sites for hydroxylation is 2. The Morgan fingerprint density at radius 1 is 0.926 bits per heavy atom. The second-order valence-electron chi connectivity index (χ2n) is 8.17. The Morgan fingerprint density at radius 2 is 1.59 bits per heavy atom. The van der Waals surface area contributed by atoms with Crippen LogP contribution < -0.4 is 0 Å². The lowest BCUT2D eigenvalue weighted by atomic mass is 9.78. The highest BCUT2D eigenvalue weighted by Gasteiger charge is 2.19. The first-order valence-electron chi connectivity index (χ1n) is 10.7. The van der Waals surface area contributed by atoms with Crippen molar-refractivity contribution in [3.8, 4) is 11.1 Å². The van der Waals surface area contributed by atoms with E-state index in [-0.39, 0.29) is 5.82 Å². The molecule has 1 saturated carbocycles. The first kappa shape index (κ1) is 19.9. The summed E-state index contributed by atoms with van der Waals surface area (Å²) < 4.78 is 14.7. The Morgan fingerprint density at radius 3 is 2.22 bits per heavy atom. The van der Waals surface area contributed by atoms with E-state index in [0.717, 1.165) is 42.2 Å². The van der Waals surface area contributed by atoms with Crippen LogP contribution in [0, 0.1) is 17.7 Å². The van der Waals surface area contributed by atoms with Gasteiger partial charge in [-0.25, -0.2) is 4.39 Å². The van der Waals surface area contributed by atoms with Gasteiger partial charge in [0, 0.05) is 5.56 Å². The van der Waals surface area contributed by atoms with Gasteiger partial charge in [0.25, 0.3) is 0 Å². The van der Waals surface area contributed by atoms with Gasteiger partial charge in [-0.2, -0.15) is 0 Å². The summed E-state index contributed by atoms with van der Waals surface area (Å²) in [6.45, 7) is 6.07. The van der Waals surface area contributed by atoms with E-state index in [2.05, 4.69) is 31.7 Å². The molecule has 0 spiro atoms. The molecule has 1 aliphatic rings. The largest absolute Gasteiger partial charge is 0.206 e. The van der Waals surface area contributed by atoms with Gasteiger partial charge in [0.05, 0.1) is 0 Å². The summed E-state index contributed by atoms with van der Waals surface area (Å²) in [5, 5.41) is 0. The number of hydrogen-bond acceptors (Lipinski definition) is 0. The van der Waals surface area contributed by atoms with Crippen LogP contribution in [0.5, 0.6) is 0 Å². The molecule has 0 heterocycles. The molecule has 0 radical (unpaired) electrons.